The molecule has 0 heterocycles. The maximum absolute atomic E-state index is 12.4. The first-order valence-corrected chi connectivity index (χ1v) is 15.4. The van der Waals surface area contributed by atoms with Crippen molar-refractivity contribution in [2.75, 3.05) is 0 Å². The number of rotatable bonds is 7. The Morgan fingerprint density at radius 3 is 2.39 bits per heavy atom. The third-order valence-corrected chi connectivity index (χ3v) is 12.3. The SMILES string of the molecule is CCCC(=O)OC1CC[C@]2(C)C3=C(CCC2C1(C)C)[C@]1(C)CC[C@H]([C@H](C)CCC=C(C)C)[C@]1(C)CC3. The maximum atomic E-state index is 12.4. The molecule has 204 valence electrons. The number of allylic oxidation sites excluding steroid dienone is 4. The van der Waals surface area contributed by atoms with E-state index in [4.69, 9.17) is 4.74 Å². The van der Waals surface area contributed by atoms with Gasteiger partial charge in [0.15, 0.2) is 0 Å². The number of esters is 1. The summed E-state index contributed by atoms with van der Waals surface area (Å²) >= 11 is 0. The molecule has 0 saturated heterocycles. The van der Waals surface area contributed by atoms with Crippen molar-refractivity contribution >= 4 is 5.97 Å². The molecule has 0 aromatic carbocycles. The summed E-state index contributed by atoms with van der Waals surface area (Å²) < 4.78 is 6.11. The van der Waals surface area contributed by atoms with Crippen LogP contribution in [0.25, 0.3) is 0 Å². The smallest absolute Gasteiger partial charge is 0.306 e. The number of hydrogen-bond acceptors (Lipinski definition) is 2. The van der Waals surface area contributed by atoms with Gasteiger partial charge < -0.3 is 4.74 Å². The van der Waals surface area contributed by atoms with E-state index in [0.717, 1.165) is 24.7 Å². The molecule has 4 aliphatic carbocycles. The van der Waals surface area contributed by atoms with Gasteiger partial charge >= 0.3 is 5.97 Å². The predicted molar refractivity (Wildman–Crippen MR) is 152 cm³/mol. The highest BCUT2D eigenvalue weighted by Crippen LogP contribution is 2.72. The summed E-state index contributed by atoms with van der Waals surface area (Å²) in [5.74, 6) is 2.25. The highest BCUT2D eigenvalue weighted by atomic mass is 16.5. The third kappa shape index (κ3) is 4.35. The molecule has 2 fully saturated rings. The van der Waals surface area contributed by atoms with E-state index in [2.05, 4.69) is 68.4 Å². The van der Waals surface area contributed by atoms with E-state index in [0.29, 0.717) is 23.2 Å². The lowest BCUT2D eigenvalue weighted by molar-refractivity contribution is -0.169. The Bertz CT molecular complexity index is 904. The summed E-state index contributed by atoms with van der Waals surface area (Å²) in [5, 5.41) is 0. The van der Waals surface area contributed by atoms with Gasteiger partial charge in [-0.1, -0.05) is 71.3 Å². The number of carbonyl (C=O) groups excluding carboxylic acids is 1. The first kappa shape index (κ1) is 28.0. The van der Waals surface area contributed by atoms with Crippen molar-refractivity contribution in [1.29, 1.82) is 0 Å². The number of ether oxygens (including phenoxy) is 1. The van der Waals surface area contributed by atoms with E-state index >= 15 is 0 Å². The molecule has 2 unspecified atom stereocenters. The van der Waals surface area contributed by atoms with Crippen LogP contribution in [0, 0.1) is 39.4 Å². The highest BCUT2D eigenvalue weighted by Gasteiger charge is 2.63. The molecule has 0 aromatic heterocycles. The zero-order valence-electron chi connectivity index (χ0n) is 25.2. The molecule has 0 spiro atoms. The maximum Gasteiger partial charge on any atom is 0.306 e. The van der Waals surface area contributed by atoms with Gasteiger partial charge in [0.2, 0.25) is 0 Å². The minimum absolute atomic E-state index is 0.00606. The lowest BCUT2D eigenvalue weighted by Crippen LogP contribution is -2.55. The van der Waals surface area contributed by atoms with E-state index < -0.39 is 0 Å². The van der Waals surface area contributed by atoms with E-state index in [-0.39, 0.29) is 22.9 Å². The van der Waals surface area contributed by atoms with Crippen molar-refractivity contribution in [3.63, 3.8) is 0 Å². The Balaban J connectivity index is 1.59. The van der Waals surface area contributed by atoms with Gasteiger partial charge in [-0.3, -0.25) is 4.79 Å². The van der Waals surface area contributed by atoms with Gasteiger partial charge in [0.25, 0.3) is 0 Å². The zero-order chi connectivity index (χ0) is 26.5. The molecule has 2 saturated carbocycles. The van der Waals surface area contributed by atoms with E-state index in [1.165, 1.54) is 63.4 Å². The Hall–Kier alpha value is -1.05. The molecular formula is C34H56O2. The van der Waals surface area contributed by atoms with E-state index in [1.807, 2.05) is 11.1 Å². The Morgan fingerprint density at radius 2 is 1.72 bits per heavy atom. The normalized spacial score (nSPS) is 40.1. The van der Waals surface area contributed by atoms with Gasteiger partial charge in [-0.2, -0.15) is 0 Å². The van der Waals surface area contributed by atoms with Crippen LogP contribution in [-0.4, -0.2) is 12.1 Å². The van der Waals surface area contributed by atoms with Gasteiger partial charge in [-0.25, -0.2) is 0 Å². The predicted octanol–water partition coefficient (Wildman–Crippen LogP) is 9.83. The molecule has 0 aliphatic heterocycles. The average Bonchev–Trinajstić information content (AvgIpc) is 3.07. The van der Waals surface area contributed by atoms with Crippen molar-refractivity contribution in [3.8, 4) is 0 Å². The van der Waals surface area contributed by atoms with E-state index in [9.17, 15) is 4.79 Å². The van der Waals surface area contributed by atoms with Crippen LogP contribution in [0.3, 0.4) is 0 Å². The summed E-state index contributed by atoms with van der Waals surface area (Å²) in [5.41, 5.74) is 6.26. The molecule has 0 bridgehead atoms. The number of hydrogen-bond donors (Lipinski definition) is 0. The summed E-state index contributed by atoms with van der Waals surface area (Å²) in [4.78, 5) is 12.4. The summed E-state index contributed by atoms with van der Waals surface area (Å²) in [7, 11) is 0. The number of fused-ring (bicyclic) bond motifs is 4. The molecule has 2 heteroatoms. The molecule has 0 aromatic rings. The molecule has 0 radical (unpaired) electrons. The molecule has 4 aliphatic rings. The first-order chi connectivity index (χ1) is 16.8. The van der Waals surface area contributed by atoms with Gasteiger partial charge in [0.05, 0.1) is 0 Å². The molecule has 0 amide bonds. The molecule has 7 atom stereocenters. The second-order valence-corrected chi connectivity index (χ2v) is 14.8. The van der Waals surface area contributed by atoms with Gasteiger partial charge in [-0.15, -0.1) is 0 Å². The second kappa shape index (κ2) is 9.92. The van der Waals surface area contributed by atoms with Crippen LogP contribution in [0.1, 0.15) is 139 Å². The minimum Gasteiger partial charge on any atom is -0.462 e. The van der Waals surface area contributed by atoms with Crippen LogP contribution in [0.2, 0.25) is 0 Å². The zero-order valence-corrected chi connectivity index (χ0v) is 25.2. The summed E-state index contributed by atoms with van der Waals surface area (Å²) in [6.07, 6.45) is 16.7. The van der Waals surface area contributed by atoms with Gasteiger partial charge in [-0.05, 0) is 118 Å². The first-order valence-electron chi connectivity index (χ1n) is 15.4. The Kier molecular flexibility index (Phi) is 7.71. The Labute approximate surface area is 223 Å². The molecule has 0 N–H and O–H groups in total. The van der Waals surface area contributed by atoms with Crippen LogP contribution in [0.4, 0.5) is 0 Å². The van der Waals surface area contributed by atoms with Crippen LogP contribution in [0.15, 0.2) is 22.8 Å². The fourth-order valence-electron chi connectivity index (χ4n) is 10.1. The summed E-state index contributed by atoms with van der Waals surface area (Å²) in [6.45, 7) is 21.8. The van der Waals surface area contributed by atoms with Crippen molar-refractivity contribution in [2.45, 2.75) is 145 Å². The quantitative estimate of drug-likeness (QED) is 0.259. The van der Waals surface area contributed by atoms with E-state index in [1.54, 1.807) is 0 Å². The largest absolute Gasteiger partial charge is 0.462 e. The molecule has 4 rings (SSSR count). The standard InChI is InChI=1S/C34H56O2/c1-10-12-30(35)36-29-19-20-32(7)26-18-22-33(8)25(24(4)14-11-13-23(2)3)17-21-34(33,9)27(26)15-16-28(32)31(29,5)6/h13,24-25,28-29H,10-12,14-22H2,1-9H3/t24-,25-,28?,29?,32-,33+,34+/m1/s1. The molecule has 2 nitrogen and oxygen atoms in total. The third-order valence-electron chi connectivity index (χ3n) is 12.3. The van der Waals surface area contributed by atoms with Crippen LogP contribution < -0.4 is 0 Å². The fourth-order valence-corrected chi connectivity index (χ4v) is 10.1. The second-order valence-electron chi connectivity index (χ2n) is 14.8. The summed E-state index contributed by atoms with van der Waals surface area (Å²) in [6, 6.07) is 0. The minimum atomic E-state index is 0.00606. The monoisotopic (exact) mass is 496 g/mol. The van der Waals surface area contributed by atoms with Crippen molar-refractivity contribution < 1.29 is 9.53 Å². The Morgan fingerprint density at radius 1 is 1.00 bits per heavy atom. The van der Waals surface area contributed by atoms with Crippen LogP contribution in [0.5, 0.6) is 0 Å². The van der Waals surface area contributed by atoms with Gasteiger partial charge in [0.1, 0.15) is 6.10 Å². The topological polar surface area (TPSA) is 26.3 Å². The van der Waals surface area contributed by atoms with Gasteiger partial charge in [0, 0.05) is 11.8 Å². The van der Waals surface area contributed by atoms with Crippen LogP contribution >= 0.6 is 0 Å². The highest BCUT2D eigenvalue weighted by molar-refractivity contribution is 5.69. The van der Waals surface area contributed by atoms with Crippen molar-refractivity contribution in [1.82, 2.24) is 0 Å². The molecule has 36 heavy (non-hydrogen) atoms. The lowest BCUT2D eigenvalue weighted by Gasteiger charge is -2.62. The van der Waals surface area contributed by atoms with Crippen LogP contribution in [-0.2, 0) is 9.53 Å². The molecular weight excluding hydrogens is 440 g/mol. The number of carbonyl (C=O) groups is 1. The lowest BCUT2D eigenvalue weighted by atomic mass is 9.43. The fraction of sp³-hybridized carbons (Fsp3) is 0.853. The van der Waals surface area contributed by atoms with Crippen molar-refractivity contribution in [3.05, 3.63) is 22.8 Å². The van der Waals surface area contributed by atoms with Crippen molar-refractivity contribution in [2.24, 2.45) is 39.4 Å². The average molecular weight is 497 g/mol.